The molecule has 0 amide bonds. The lowest BCUT2D eigenvalue weighted by atomic mass is 10.1. The molecule has 2 aromatic carbocycles. The smallest absolute Gasteiger partial charge is 0.205 e. The predicted octanol–water partition coefficient (Wildman–Crippen LogP) is 5.94. The van der Waals surface area contributed by atoms with E-state index in [1.54, 1.807) is 23.5 Å². The Morgan fingerprint density at radius 2 is 1.52 bits per heavy atom. The summed E-state index contributed by atoms with van der Waals surface area (Å²) in [7, 11) is 0. The Labute approximate surface area is 126 Å². The molecule has 0 saturated heterocycles. The molecule has 0 bridgehead atoms. The van der Waals surface area contributed by atoms with Crippen molar-refractivity contribution >= 4 is 11.3 Å². The van der Waals surface area contributed by atoms with Crippen molar-refractivity contribution in [3.05, 3.63) is 82.7 Å². The van der Waals surface area contributed by atoms with Gasteiger partial charge < -0.3 is 0 Å². The lowest BCUT2D eigenvalue weighted by molar-refractivity contribution is 0.151. The number of hydrogen-bond acceptors (Lipinski definition) is 1. The SMILES string of the molecule is FC(F)c1ccc(-c2ccc(Cc3ccccc3)s2)cc1. The van der Waals surface area contributed by atoms with Gasteiger partial charge in [0.15, 0.2) is 0 Å². The molecule has 0 unspecified atom stereocenters. The van der Waals surface area contributed by atoms with Crippen molar-refractivity contribution < 1.29 is 8.78 Å². The molecule has 0 spiro atoms. The predicted molar refractivity (Wildman–Crippen MR) is 84.0 cm³/mol. The van der Waals surface area contributed by atoms with Gasteiger partial charge in [0.1, 0.15) is 0 Å². The normalized spacial score (nSPS) is 11.0. The fourth-order valence-electron chi connectivity index (χ4n) is 2.22. The zero-order valence-electron chi connectivity index (χ0n) is 11.3. The molecule has 1 heterocycles. The van der Waals surface area contributed by atoms with Gasteiger partial charge >= 0.3 is 0 Å². The topological polar surface area (TPSA) is 0 Å². The van der Waals surface area contributed by atoms with Crippen molar-refractivity contribution in [3.63, 3.8) is 0 Å². The Kier molecular flexibility index (Phi) is 4.11. The summed E-state index contributed by atoms with van der Waals surface area (Å²) in [5.41, 5.74) is 2.34. The fourth-order valence-corrected chi connectivity index (χ4v) is 3.27. The minimum atomic E-state index is -2.41. The third-order valence-corrected chi connectivity index (χ3v) is 4.46. The second-order valence-corrected chi connectivity index (χ2v) is 6.02. The maximum atomic E-state index is 12.6. The Hall–Kier alpha value is -2.00. The molecule has 3 rings (SSSR count). The van der Waals surface area contributed by atoms with Crippen molar-refractivity contribution in [2.45, 2.75) is 12.8 Å². The first-order chi connectivity index (χ1) is 10.2. The van der Waals surface area contributed by atoms with Crippen LogP contribution in [0.1, 0.15) is 22.4 Å². The first kappa shape index (κ1) is 14.0. The van der Waals surface area contributed by atoms with Gasteiger partial charge in [0, 0.05) is 21.7 Å². The molecule has 3 aromatic rings. The Morgan fingerprint density at radius 3 is 2.19 bits per heavy atom. The van der Waals surface area contributed by atoms with Gasteiger partial charge in [-0.2, -0.15) is 0 Å². The molecule has 21 heavy (non-hydrogen) atoms. The number of thiophene rings is 1. The van der Waals surface area contributed by atoms with Crippen LogP contribution in [0, 0.1) is 0 Å². The highest BCUT2D eigenvalue weighted by atomic mass is 32.1. The number of halogens is 2. The summed E-state index contributed by atoms with van der Waals surface area (Å²) in [5.74, 6) is 0. The molecule has 0 fully saturated rings. The summed E-state index contributed by atoms with van der Waals surface area (Å²) in [6, 6.07) is 21.0. The summed E-state index contributed by atoms with van der Waals surface area (Å²) in [6.07, 6.45) is -1.50. The average Bonchev–Trinajstić information content (AvgIpc) is 2.97. The van der Waals surface area contributed by atoms with E-state index < -0.39 is 6.43 Å². The van der Waals surface area contributed by atoms with Crippen LogP contribution in [-0.4, -0.2) is 0 Å². The van der Waals surface area contributed by atoms with E-state index in [1.165, 1.54) is 22.6 Å². The maximum Gasteiger partial charge on any atom is 0.263 e. The van der Waals surface area contributed by atoms with Gasteiger partial charge in [-0.05, 0) is 23.3 Å². The second-order valence-electron chi connectivity index (χ2n) is 4.85. The summed E-state index contributed by atoms with van der Waals surface area (Å²) in [5, 5.41) is 0. The van der Waals surface area contributed by atoms with Crippen LogP contribution < -0.4 is 0 Å². The standard InChI is InChI=1S/C18H14F2S/c19-18(20)15-8-6-14(7-9-15)17-11-10-16(21-17)12-13-4-2-1-3-5-13/h1-11,18H,12H2. The molecule has 0 radical (unpaired) electrons. The van der Waals surface area contributed by atoms with Crippen LogP contribution in [0.4, 0.5) is 8.78 Å². The van der Waals surface area contributed by atoms with Gasteiger partial charge in [-0.1, -0.05) is 54.6 Å². The number of benzene rings is 2. The first-order valence-corrected chi connectivity index (χ1v) is 7.55. The van der Waals surface area contributed by atoms with E-state index in [0.717, 1.165) is 16.9 Å². The van der Waals surface area contributed by atoms with E-state index in [-0.39, 0.29) is 5.56 Å². The number of alkyl halides is 2. The van der Waals surface area contributed by atoms with Crippen molar-refractivity contribution in [3.8, 4) is 10.4 Å². The van der Waals surface area contributed by atoms with Crippen LogP contribution in [0.5, 0.6) is 0 Å². The summed E-state index contributed by atoms with van der Waals surface area (Å²) in [4.78, 5) is 2.39. The zero-order valence-corrected chi connectivity index (χ0v) is 12.1. The quantitative estimate of drug-likeness (QED) is 0.559. The van der Waals surface area contributed by atoms with Crippen LogP contribution in [-0.2, 0) is 6.42 Å². The van der Waals surface area contributed by atoms with E-state index in [0.29, 0.717) is 0 Å². The average molecular weight is 300 g/mol. The lowest BCUT2D eigenvalue weighted by Gasteiger charge is -2.01. The highest BCUT2D eigenvalue weighted by Gasteiger charge is 2.08. The zero-order chi connectivity index (χ0) is 14.7. The molecule has 0 atom stereocenters. The molecule has 1 aromatic heterocycles. The summed E-state index contributed by atoms with van der Waals surface area (Å²) in [6.45, 7) is 0. The lowest BCUT2D eigenvalue weighted by Crippen LogP contribution is -1.83. The van der Waals surface area contributed by atoms with Crippen LogP contribution in [0.2, 0.25) is 0 Å². The fraction of sp³-hybridized carbons (Fsp3) is 0.111. The van der Waals surface area contributed by atoms with Crippen molar-refractivity contribution in [2.24, 2.45) is 0 Å². The van der Waals surface area contributed by atoms with E-state index in [2.05, 4.69) is 24.3 Å². The monoisotopic (exact) mass is 300 g/mol. The third-order valence-electron chi connectivity index (χ3n) is 3.33. The molecule has 0 aliphatic heterocycles. The maximum absolute atomic E-state index is 12.6. The van der Waals surface area contributed by atoms with E-state index in [1.807, 2.05) is 18.2 Å². The molecule has 3 heteroatoms. The van der Waals surface area contributed by atoms with Crippen LogP contribution in [0.15, 0.2) is 66.7 Å². The molecule has 0 aliphatic carbocycles. The van der Waals surface area contributed by atoms with Gasteiger partial charge in [0.25, 0.3) is 6.43 Å². The Balaban J connectivity index is 1.78. The van der Waals surface area contributed by atoms with Gasteiger partial charge in [-0.3, -0.25) is 0 Å². The molecular weight excluding hydrogens is 286 g/mol. The minimum Gasteiger partial charge on any atom is -0.205 e. The van der Waals surface area contributed by atoms with Gasteiger partial charge in [-0.15, -0.1) is 11.3 Å². The van der Waals surface area contributed by atoms with Gasteiger partial charge in [0.2, 0.25) is 0 Å². The molecule has 0 N–H and O–H groups in total. The van der Waals surface area contributed by atoms with Crippen molar-refractivity contribution in [1.29, 1.82) is 0 Å². The number of rotatable bonds is 4. The molecule has 106 valence electrons. The van der Waals surface area contributed by atoms with E-state index in [4.69, 9.17) is 0 Å². The number of hydrogen-bond donors (Lipinski definition) is 0. The van der Waals surface area contributed by atoms with Crippen LogP contribution in [0.3, 0.4) is 0 Å². The summed E-state index contributed by atoms with van der Waals surface area (Å²) < 4.78 is 25.1. The molecule has 0 nitrogen and oxygen atoms in total. The highest BCUT2D eigenvalue weighted by Crippen LogP contribution is 2.30. The first-order valence-electron chi connectivity index (χ1n) is 6.73. The largest absolute Gasteiger partial charge is 0.263 e. The van der Waals surface area contributed by atoms with Crippen molar-refractivity contribution in [1.82, 2.24) is 0 Å². The molecule has 0 saturated carbocycles. The molecule has 0 aliphatic rings. The van der Waals surface area contributed by atoms with Gasteiger partial charge in [-0.25, -0.2) is 8.78 Å². The van der Waals surface area contributed by atoms with Crippen LogP contribution in [0.25, 0.3) is 10.4 Å². The van der Waals surface area contributed by atoms with E-state index >= 15 is 0 Å². The Bertz CT molecular complexity index is 700. The van der Waals surface area contributed by atoms with Gasteiger partial charge in [0.05, 0.1) is 0 Å². The molecular formula is C18H14F2S. The van der Waals surface area contributed by atoms with Crippen molar-refractivity contribution in [2.75, 3.05) is 0 Å². The minimum absolute atomic E-state index is 0.0693. The third kappa shape index (κ3) is 3.37. The highest BCUT2D eigenvalue weighted by molar-refractivity contribution is 7.15. The second kappa shape index (κ2) is 6.19. The van der Waals surface area contributed by atoms with E-state index in [9.17, 15) is 8.78 Å². The summed E-state index contributed by atoms with van der Waals surface area (Å²) >= 11 is 1.71. The van der Waals surface area contributed by atoms with Crippen LogP contribution >= 0.6 is 11.3 Å². The Morgan fingerprint density at radius 1 is 0.810 bits per heavy atom.